The second kappa shape index (κ2) is 5.10. The standard InChI is InChI=1S/C11H21N5O/c1-11(6-4-5-7-17-11)9(12-2)8-10-13-15-16(3)14-10/h9,12H,4-8H2,1-3H3. The van der Waals surface area contributed by atoms with Crippen LogP contribution in [0.25, 0.3) is 0 Å². The zero-order valence-corrected chi connectivity index (χ0v) is 10.8. The van der Waals surface area contributed by atoms with Crippen LogP contribution in [-0.2, 0) is 18.2 Å². The summed E-state index contributed by atoms with van der Waals surface area (Å²) in [6.45, 7) is 3.02. The fraction of sp³-hybridized carbons (Fsp3) is 0.909. The number of aryl methyl sites for hydroxylation is 1. The lowest BCUT2D eigenvalue weighted by molar-refractivity contribution is -0.0874. The number of aromatic nitrogens is 4. The minimum Gasteiger partial charge on any atom is -0.374 e. The van der Waals surface area contributed by atoms with E-state index < -0.39 is 0 Å². The van der Waals surface area contributed by atoms with Crippen LogP contribution < -0.4 is 5.32 Å². The molecule has 2 heterocycles. The molecule has 6 nitrogen and oxygen atoms in total. The third-order valence-electron chi connectivity index (χ3n) is 3.52. The summed E-state index contributed by atoms with van der Waals surface area (Å²) in [6, 6.07) is 0.229. The molecule has 1 aliphatic rings. The fourth-order valence-corrected chi connectivity index (χ4v) is 2.44. The Morgan fingerprint density at radius 1 is 1.53 bits per heavy atom. The van der Waals surface area contributed by atoms with Gasteiger partial charge in [0.05, 0.1) is 12.6 Å². The Kier molecular flexibility index (Phi) is 3.73. The van der Waals surface area contributed by atoms with E-state index in [-0.39, 0.29) is 11.6 Å². The van der Waals surface area contributed by atoms with Gasteiger partial charge in [0.25, 0.3) is 0 Å². The summed E-state index contributed by atoms with van der Waals surface area (Å²) in [7, 11) is 3.74. The molecule has 0 aliphatic carbocycles. The molecule has 2 atom stereocenters. The number of rotatable bonds is 4. The molecule has 2 unspecified atom stereocenters. The van der Waals surface area contributed by atoms with Gasteiger partial charge in [-0.15, -0.1) is 10.2 Å². The molecule has 0 aromatic carbocycles. The minimum atomic E-state index is -0.119. The van der Waals surface area contributed by atoms with Crippen LogP contribution in [0.5, 0.6) is 0 Å². The van der Waals surface area contributed by atoms with Crippen LogP contribution in [0.1, 0.15) is 32.0 Å². The monoisotopic (exact) mass is 239 g/mol. The van der Waals surface area contributed by atoms with E-state index >= 15 is 0 Å². The summed E-state index contributed by atoms with van der Waals surface area (Å²) in [5.74, 6) is 0.766. The van der Waals surface area contributed by atoms with E-state index in [9.17, 15) is 0 Å². The molecular formula is C11H21N5O. The zero-order valence-electron chi connectivity index (χ0n) is 10.8. The van der Waals surface area contributed by atoms with E-state index in [4.69, 9.17) is 4.74 Å². The van der Waals surface area contributed by atoms with Gasteiger partial charge in [0.2, 0.25) is 0 Å². The normalized spacial score (nSPS) is 27.0. The van der Waals surface area contributed by atoms with Crippen molar-refractivity contribution in [3.05, 3.63) is 5.82 Å². The van der Waals surface area contributed by atoms with Crippen LogP contribution in [0.2, 0.25) is 0 Å². The lowest BCUT2D eigenvalue weighted by atomic mass is 9.86. The summed E-state index contributed by atoms with van der Waals surface area (Å²) < 4.78 is 5.95. The highest BCUT2D eigenvalue weighted by molar-refractivity contribution is 4.96. The summed E-state index contributed by atoms with van der Waals surface area (Å²) >= 11 is 0. The maximum Gasteiger partial charge on any atom is 0.176 e. The fourth-order valence-electron chi connectivity index (χ4n) is 2.44. The smallest absolute Gasteiger partial charge is 0.176 e. The minimum absolute atomic E-state index is 0.119. The van der Waals surface area contributed by atoms with E-state index in [1.807, 2.05) is 7.05 Å². The van der Waals surface area contributed by atoms with Crippen LogP contribution in [0, 0.1) is 0 Å². The summed E-state index contributed by atoms with van der Waals surface area (Å²) in [5.41, 5.74) is -0.119. The zero-order chi connectivity index (χ0) is 12.3. The van der Waals surface area contributed by atoms with Crippen molar-refractivity contribution in [3.63, 3.8) is 0 Å². The van der Waals surface area contributed by atoms with Crippen molar-refractivity contribution >= 4 is 0 Å². The molecule has 96 valence electrons. The molecule has 1 fully saturated rings. The topological polar surface area (TPSA) is 64.9 Å². The molecule has 0 spiro atoms. The van der Waals surface area contributed by atoms with Crippen molar-refractivity contribution in [3.8, 4) is 0 Å². The maximum absolute atomic E-state index is 5.95. The van der Waals surface area contributed by atoms with E-state index in [1.165, 1.54) is 11.2 Å². The SMILES string of the molecule is CNC(Cc1nnn(C)n1)C1(C)CCCCO1. The third-order valence-corrected chi connectivity index (χ3v) is 3.52. The lowest BCUT2D eigenvalue weighted by Crippen LogP contribution is -2.52. The van der Waals surface area contributed by atoms with Gasteiger partial charge in [-0.3, -0.25) is 0 Å². The third kappa shape index (κ3) is 2.81. The van der Waals surface area contributed by atoms with Crippen molar-refractivity contribution in [2.45, 2.75) is 44.2 Å². The quantitative estimate of drug-likeness (QED) is 0.818. The van der Waals surface area contributed by atoms with Gasteiger partial charge in [0.15, 0.2) is 5.82 Å². The molecule has 1 aliphatic heterocycles. The number of likely N-dealkylation sites (N-methyl/N-ethyl adjacent to an activating group) is 1. The van der Waals surface area contributed by atoms with E-state index in [0.717, 1.165) is 31.7 Å². The van der Waals surface area contributed by atoms with Crippen molar-refractivity contribution in [1.82, 2.24) is 25.5 Å². The Morgan fingerprint density at radius 3 is 2.88 bits per heavy atom. The second-order valence-electron chi connectivity index (χ2n) is 4.86. The van der Waals surface area contributed by atoms with Crippen molar-refractivity contribution in [2.24, 2.45) is 7.05 Å². The molecule has 0 bridgehead atoms. The highest BCUT2D eigenvalue weighted by Gasteiger charge is 2.36. The highest BCUT2D eigenvalue weighted by Crippen LogP contribution is 2.28. The van der Waals surface area contributed by atoms with Gasteiger partial charge < -0.3 is 10.1 Å². The van der Waals surface area contributed by atoms with Gasteiger partial charge in [0.1, 0.15) is 0 Å². The van der Waals surface area contributed by atoms with Gasteiger partial charge >= 0.3 is 0 Å². The summed E-state index contributed by atoms with van der Waals surface area (Å²) in [4.78, 5) is 1.49. The number of nitrogens with zero attached hydrogens (tertiary/aromatic N) is 4. The first-order chi connectivity index (χ1) is 8.14. The van der Waals surface area contributed by atoms with Gasteiger partial charge in [-0.2, -0.15) is 4.80 Å². The van der Waals surface area contributed by atoms with Crippen molar-refractivity contribution in [1.29, 1.82) is 0 Å². The van der Waals surface area contributed by atoms with E-state index in [2.05, 4.69) is 27.7 Å². The first-order valence-electron chi connectivity index (χ1n) is 6.18. The maximum atomic E-state index is 5.95. The molecule has 0 amide bonds. The number of ether oxygens (including phenoxy) is 1. The van der Waals surface area contributed by atoms with Crippen LogP contribution in [-0.4, -0.2) is 45.5 Å². The predicted octanol–water partition coefficient (Wildman–Crippen LogP) is 0.300. The number of tetrazole rings is 1. The molecule has 1 aromatic rings. The van der Waals surface area contributed by atoms with Gasteiger partial charge in [-0.05, 0) is 38.4 Å². The van der Waals surface area contributed by atoms with Crippen LogP contribution >= 0.6 is 0 Å². The Balaban J connectivity index is 2.05. The van der Waals surface area contributed by atoms with Gasteiger partial charge in [-0.1, -0.05) is 0 Å². The Labute approximate surface area is 102 Å². The molecule has 0 radical (unpaired) electrons. The van der Waals surface area contributed by atoms with Crippen molar-refractivity contribution in [2.75, 3.05) is 13.7 Å². The highest BCUT2D eigenvalue weighted by atomic mass is 16.5. The Morgan fingerprint density at radius 2 is 2.35 bits per heavy atom. The van der Waals surface area contributed by atoms with Crippen LogP contribution in [0.4, 0.5) is 0 Å². The molecular weight excluding hydrogens is 218 g/mol. The van der Waals surface area contributed by atoms with Gasteiger partial charge in [0, 0.05) is 19.1 Å². The molecule has 17 heavy (non-hydrogen) atoms. The van der Waals surface area contributed by atoms with Gasteiger partial charge in [-0.25, -0.2) is 0 Å². The Hall–Kier alpha value is -1.01. The van der Waals surface area contributed by atoms with Crippen LogP contribution in [0.15, 0.2) is 0 Å². The molecule has 1 saturated heterocycles. The lowest BCUT2D eigenvalue weighted by Gasteiger charge is -2.40. The number of nitrogens with one attached hydrogen (secondary N) is 1. The average molecular weight is 239 g/mol. The molecule has 2 rings (SSSR count). The molecule has 1 N–H and O–H groups in total. The number of hydrogen-bond acceptors (Lipinski definition) is 5. The largest absolute Gasteiger partial charge is 0.374 e. The summed E-state index contributed by atoms with van der Waals surface area (Å²) in [6.07, 6.45) is 4.22. The van der Waals surface area contributed by atoms with Crippen LogP contribution in [0.3, 0.4) is 0 Å². The van der Waals surface area contributed by atoms with E-state index in [1.54, 1.807) is 7.05 Å². The predicted molar refractivity (Wildman–Crippen MR) is 63.6 cm³/mol. The first kappa shape index (κ1) is 12.4. The van der Waals surface area contributed by atoms with E-state index in [0.29, 0.717) is 0 Å². The average Bonchev–Trinajstić information content (AvgIpc) is 2.72. The second-order valence-corrected chi connectivity index (χ2v) is 4.86. The molecule has 6 heteroatoms. The molecule has 0 saturated carbocycles. The first-order valence-corrected chi connectivity index (χ1v) is 6.18. The van der Waals surface area contributed by atoms with Crippen molar-refractivity contribution < 1.29 is 4.74 Å². The Bertz CT molecular complexity index is 358. The number of hydrogen-bond donors (Lipinski definition) is 1. The molecule has 1 aromatic heterocycles. The summed E-state index contributed by atoms with van der Waals surface area (Å²) in [5, 5.41) is 15.4.